The van der Waals surface area contributed by atoms with Crippen LogP contribution in [0.1, 0.15) is 10.4 Å². The van der Waals surface area contributed by atoms with Crippen LogP contribution in [0.3, 0.4) is 0 Å². The number of ketones is 1. The molecule has 0 aliphatic carbocycles. The van der Waals surface area contributed by atoms with E-state index in [0.29, 0.717) is 6.54 Å². The van der Waals surface area contributed by atoms with E-state index >= 15 is 0 Å². The minimum absolute atomic E-state index is 0.204. The molecule has 1 aromatic carbocycles. The number of benzene rings is 1. The Kier molecular flexibility index (Phi) is 5.33. The van der Waals surface area contributed by atoms with Crippen molar-refractivity contribution in [1.82, 2.24) is 15.5 Å². The third kappa shape index (κ3) is 4.22. The first-order chi connectivity index (χ1) is 8.86. The minimum Gasteiger partial charge on any atom is -0.314 e. The summed E-state index contributed by atoms with van der Waals surface area (Å²) in [4.78, 5) is 14.3. The van der Waals surface area contributed by atoms with Gasteiger partial charge < -0.3 is 10.6 Å². The molecule has 0 bridgehead atoms. The molecule has 2 rings (SSSR count). The van der Waals surface area contributed by atoms with E-state index in [1.165, 1.54) is 0 Å². The van der Waals surface area contributed by atoms with Crippen molar-refractivity contribution >= 4 is 5.78 Å². The largest absolute Gasteiger partial charge is 0.314 e. The van der Waals surface area contributed by atoms with Crippen LogP contribution in [0.5, 0.6) is 0 Å². The van der Waals surface area contributed by atoms with E-state index in [0.717, 1.165) is 44.8 Å². The van der Waals surface area contributed by atoms with Crippen molar-refractivity contribution in [3.8, 4) is 0 Å². The van der Waals surface area contributed by atoms with Crippen molar-refractivity contribution < 1.29 is 4.79 Å². The Morgan fingerprint density at radius 1 is 1.00 bits per heavy atom. The Morgan fingerprint density at radius 3 is 2.22 bits per heavy atom. The molecule has 0 radical (unpaired) electrons. The Hall–Kier alpha value is -1.23. The van der Waals surface area contributed by atoms with Crippen molar-refractivity contribution in [3.63, 3.8) is 0 Å². The second-order valence-electron chi connectivity index (χ2n) is 4.57. The minimum atomic E-state index is 0.204. The van der Waals surface area contributed by atoms with E-state index in [4.69, 9.17) is 0 Å². The number of carbonyl (C=O) groups is 1. The fraction of sp³-hybridized carbons (Fsp3) is 0.500. The highest BCUT2D eigenvalue weighted by Crippen LogP contribution is 2.01. The summed E-state index contributed by atoms with van der Waals surface area (Å²) in [6.07, 6.45) is 0. The number of hydrogen-bond donors (Lipinski definition) is 2. The molecule has 1 aliphatic rings. The Morgan fingerprint density at radius 2 is 1.61 bits per heavy atom. The van der Waals surface area contributed by atoms with Gasteiger partial charge in [0, 0.05) is 44.8 Å². The molecular weight excluding hydrogens is 226 g/mol. The van der Waals surface area contributed by atoms with E-state index in [2.05, 4.69) is 15.5 Å². The topological polar surface area (TPSA) is 44.4 Å². The molecule has 1 fully saturated rings. The second-order valence-corrected chi connectivity index (χ2v) is 4.57. The highest BCUT2D eigenvalue weighted by atomic mass is 16.1. The number of nitrogens with zero attached hydrogens (tertiary/aromatic N) is 1. The summed E-state index contributed by atoms with van der Waals surface area (Å²) in [6, 6.07) is 9.53. The lowest BCUT2D eigenvalue weighted by Crippen LogP contribution is -2.37. The molecule has 0 aromatic heterocycles. The van der Waals surface area contributed by atoms with Crippen LogP contribution in [0.2, 0.25) is 0 Å². The Bertz CT molecular complexity index is 357. The zero-order valence-corrected chi connectivity index (χ0v) is 10.7. The van der Waals surface area contributed by atoms with Crippen LogP contribution < -0.4 is 10.6 Å². The Balaban J connectivity index is 1.88. The van der Waals surface area contributed by atoms with E-state index in [-0.39, 0.29) is 5.78 Å². The molecule has 0 atom stereocenters. The first kappa shape index (κ1) is 13.2. The lowest BCUT2D eigenvalue weighted by atomic mass is 10.1. The van der Waals surface area contributed by atoms with Gasteiger partial charge in [0.25, 0.3) is 0 Å². The first-order valence-electron chi connectivity index (χ1n) is 6.58. The highest BCUT2D eigenvalue weighted by molar-refractivity contribution is 5.97. The molecule has 1 aliphatic heterocycles. The zero-order chi connectivity index (χ0) is 12.6. The summed E-state index contributed by atoms with van der Waals surface area (Å²) < 4.78 is 0. The smallest absolute Gasteiger partial charge is 0.176 e. The molecule has 1 aromatic rings. The van der Waals surface area contributed by atoms with Crippen molar-refractivity contribution in [2.24, 2.45) is 0 Å². The standard InChI is InChI=1S/C14H21N3O/c18-14(13-4-2-1-3-5-13)12-17-10-8-15-6-7-16-9-11-17/h1-5,15-16H,6-12H2. The fourth-order valence-electron chi connectivity index (χ4n) is 2.09. The summed E-state index contributed by atoms with van der Waals surface area (Å²) in [5.74, 6) is 0.204. The number of hydrogen-bond acceptors (Lipinski definition) is 4. The van der Waals surface area contributed by atoms with Crippen LogP contribution in [0.4, 0.5) is 0 Å². The molecule has 0 amide bonds. The summed E-state index contributed by atoms with van der Waals surface area (Å²) in [6.45, 7) is 6.27. The second kappa shape index (κ2) is 7.26. The predicted molar refractivity (Wildman–Crippen MR) is 73.0 cm³/mol. The van der Waals surface area contributed by atoms with Gasteiger partial charge in [-0.3, -0.25) is 9.69 Å². The predicted octanol–water partition coefficient (Wildman–Crippen LogP) is 0.364. The third-order valence-corrected chi connectivity index (χ3v) is 3.15. The molecule has 0 spiro atoms. The van der Waals surface area contributed by atoms with Crippen LogP contribution in [-0.2, 0) is 0 Å². The molecule has 98 valence electrons. The molecular formula is C14H21N3O. The lowest BCUT2D eigenvalue weighted by Gasteiger charge is -2.20. The number of rotatable bonds is 3. The van der Waals surface area contributed by atoms with Gasteiger partial charge in [0.05, 0.1) is 6.54 Å². The van der Waals surface area contributed by atoms with Crippen molar-refractivity contribution in [2.45, 2.75) is 0 Å². The van der Waals surface area contributed by atoms with Crippen LogP contribution in [0, 0.1) is 0 Å². The molecule has 1 saturated heterocycles. The van der Waals surface area contributed by atoms with Gasteiger partial charge in [0.1, 0.15) is 0 Å². The van der Waals surface area contributed by atoms with Gasteiger partial charge in [-0.2, -0.15) is 0 Å². The fourth-order valence-corrected chi connectivity index (χ4v) is 2.09. The van der Waals surface area contributed by atoms with E-state index in [9.17, 15) is 4.79 Å². The van der Waals surface area contributed by atoms with Gasteiger partial charge in [-0.1, -0.05) is 30.3 Å². The lowest BCUT2D eigenvalue weighted by molar-refractivity contribution is 0.0933. The van der Waals surface area contributed by atoms with E-state index < -0.39 is 0 Å². The SMILES string of the molecule is O=C(CN1CCNCCNCC1)c1ccccc1. The summed E-state index contributed by atoms with van der Waals surface area (Å²) in [5.41, 5.74) is 0.804. The monoisotopic (exact) mass is 247 g/mol. The maximum absolute atomic E-state index is 12.1. The number of nitrogens with one attached hydrogen (secondary N) is 2. The summed E-state index contributed by atoms with van der Waals surface area (Å²) >= 11 is 0. The molecule has 0 unspecified atom stereocenters. The summed E-state index contributed by atoms with van der Waals surface area (Å²) in [5, 5.41) is 6.71. The van der Waals surface area contributed by atoms with Crippen molar-refractivity contribution in [2.75, 3.05) is 45.8 Å². The van der Waals surface area contributed by atoms with Crippen LogP contribution in [-0.4, -0.2) is 56.5 Å². The van der Waals surface area contributed by atoms with Gasteiger partial charge >= 0.3 is 0 Å². The van der Waals surface area contributed by atoms with Crippen LogP contribution >= 0.6 is 0 Å². The van der Waals surface area contributed by atoms with Gasteiger partial charge in [0.2, 0.25) is 0 Å². The average molecular weight is 247 g/mol. The third-order valence-electron chi connectivity index (χ3n) is 3.15. The number of carbonyl (C=O) groups excluding carboxylic acids is 1. The van der Waals surface area contributed by atoms with Crippen LogP contribution in [0.15, 0.2) is 30.3 Å². The van der Waals surface area contributed by atoms with E-state index in [1.54, 1.807) is 0 Å². The number of Topliss-reactive ketones (excluding diaryl/α,β-unsaturated/α-hetero) is 1. The van der Waals surface area contributed by atoms with Gasteiger partial charge in [-0.05, 0) is 0 Å². The first-order valence-corrected chi connectivity index (χ1v) is 6.58. The van der Waals surface area contributed by atoms with Crippen molar-refractivity contribution in [3.05, 3.63) is 35.9 Å². The van der Waals surface area contributed by atoms with E-state index in [1.807, 2.05) is 30.3 Å². The molecule has 2 N–H and O–H groups in total. The van der Waals surface area contributed by atoms with Crippen molar-refractivity contribution in [1.29, 1.82) is 0 Å². The van der Waals surface area contributed by atoms with Crippen LogP contribution in [0.25, 0.3) is 0 Å². The quantitative estimate of drug-likeness (QED) is 0.757. The molecule has 4 heteroatoms. The maximum atomic E-state index is 12.1. The molecule has 1 heterocycles. The van der Waals surface area contributed by atoms with Gasteiger partial charge in [-0.25, -0.2) is 0 Å². The van der Waals surface area contributed by atoms with Gasteiger partial charge in [0.15, 0.2) is 5.78 Å². The summed E-state index contributed by atoms with van der Waals surface area (Å²) in [7, 11) is 0. The average Bonchev–Trinajstić information content (AvgIpc) is 2.54. The normalized spacial score (nSPS) is 18.7. The maximum Gasteiger partial charge on any atom is 0.176 e. The Labute approximate surface area is 108 Å². The zero-order valence-electron chi connectivity index (χ0n) is 10.7. The highest BCUT2D eigenvalue weighted by Gasteiger charge is 2.12. The van der Waals surface area contributed by atoms with Gasteiger partial charge in [-0.15, -0.1) is 0 Å². The molecule has 18 heavy (non-hydrogen) atoms. The molecule has 0 saturated carbocycles. The molecule has 4 nitrogen and oxygen atoms in total.